The van der Waals surface area contributed by atoms with E-state index in [-0.39, 0.29) is 5.41 Å². The number of nitrogens with zero attached hydrogens (tertiary/aromatic N) is 1. The first-order chi connectivity index (χ1) is 28.9. The molecule has 0 bridgehead atoms. The molecule has 0 radical (unpaired) electrons. The molecule has 1 aliphatic carbocycles. The largest absolute Gasteiger partial charge is 0.300 e. The Morgan fingerprint density at radius 3 is 1.81 bits per heavy atom. The second-order valence-electron chi connectivity index (χ2n) is 15.9. The van der Waals surface area contributed by atoms with Gasteiger partial charge in [0.2, 0.25) is 0 Å². The summed E-state index contributed by atoms with van der Waals surface area (Å²) in [5.74, 6) is 0. The maximum Gasteiger partial charge on any atom is 0.0723 e. The molecule has 0 aromatic heterocycles. The van der Waals surface area contributed by atoms with Crippen LogP contribution in [0.4, 0.5) is 0 Å². The molecular weight excluding hydrogens is 713 g/mol. The minimum Gasteiger partial charge on any atom is -0.300 e. The molecule has 59 heavy (non-hydrogen) atoms. The van der Waals surface area contributed by atoms with Gasteiger partial charge in [0.05, 0.1) is 11.4 Å². The van der Waals surface area contributed by atoms with Crippen molar-refractivity contribution in [1.29, 1.82) is 5.41 Å². The van der Waals surface area contributed by atoms with Gasteiger partial charge >= 0.3 is 0 Å². The highest BCUT2D eigenvalue weighted by Crippen LogP contribution is 2.53. The zero-order chi connectivity index (χ0) is 39.9. The number of rotatable bonds is 8. The fourth-order valence-corrected chi connectivity index (χ4v) is 8.98. The molecule has 1 N–H and O–H groups in total. The normalized spacial score (nSPS) is 13.2. The van der Waals surface area contributed by atoms with Crippen LogP contribution in [0, 0.1) is 5.41 Å². The van der Waals surface area contributed by atoms with Crippen molar-refractivity contribution in [2.24, 2.45) is 4.99 Å². The number of hydrogen-bond donors (Lipinski definition) is 1. The summed E-state index contributed by atoms with van der Waals surface area (Å²) in [4.78, 5) is 5.12. The molecule has 1 aliphatic rings. The lowest BCUT2D eigenvalue weighted by molar-refractivity contribution is 0.663. The van der Waals surface area contributed by atoms with E-state index in [0.29, 0.717) is 5.71 Å². The highest BCUT2D eigenvalue weighted by molar-refractivity contribution is 6.12. The molecule has 9 aromatic carbocycles. The highest BCUT2D eigenvalue weighted by Gasteiger charge is 2.37. The molecule has 0 aliphatic heterocycles. The lowest BCUT2D eigenvalue weighted by Gasteiger charge is -2.25. The SMILES string of the molecule is CC1(C)c2cc3ccccc3cc2-c2cccc(-c3cccc(-c4ccc(C=N/C(=C\C(=N)c5ccccc5)c5ccc(-c6ccccc6)cc5)c5ccccc45)c3)c21. The van der Waals surface area contributed by atoms with E-state index in [1.54, 1.807) is 0 Å². The van der Waals surface area contributed by atoms with Gasteiger partial charge in [0, 0.05) is 22.8 Å². The van der Waals surface area contributed by atoms with Gasteiger partial charge in [-0.05, 0) is 107 Å². The molecule has 0 heterocycles. The molecule has 9 aromatic rings. The number of nitrogens with one attached hydrogen (secondary N) is 1. The average molecular weight is 755 g/mol. The van der Waals surface area contributed by atoms with Gasteiger partial charge in [-0.3, -0.25) is 4.99 Å². The van der Waals surface area contributed by atoms with Crippen molar-refractivity contribution in [2.45, 2.75) is 19.3 Å². The van der Waals surface area contributed by atoms with Crippen molar-refractivity contribution in [3.05, 3.63) is 234 Å². The summed E-state index contributed by atoms with van der Waals surface area (Å²) in [6, 6.07) is 71.0. The fraction of sp³-hybridized carbons (Fsp3) is 0.0526. The van der Waals surface area contributed by atoms with Crippen LogP contribution in [0.5, 0.6) is 0 Å². The molecule has 0 unspecified atom stereocenters. The van der Waals surface area contributed by atoms with Crippen LogP contribution < -0.4 is 0 Å². The maximum absolute atomic E-state index is 8.98. The van der Waals surface area contributed by atoms with Gasteiger partial charge < -0.3 is 5.41 Å². The number of allylic oxidation sites excluding steroid dienone is 1. The van der Waals surface area contributed by atoms with Crippen LogP contribution in [-0.2, 0) is 5.41 Å². The Morgan fingerprint density at radius 1 is 0.458 bits per heavy atom. The molecule has 0 atom stereocenters. The molecule has 10 rings (SSSR count). The number of aliphatic imine (C=N–C) groups is 1. The summed E-state index contributed by atoms with van der Waals surface area (Å²) in [5.41, 5.74) is 16.4. The van der Waals surface area contributed by atoms with Crippen LogP contribution in [-0.4, -0.2) is 11.9 Å². The zero-order valence-corrected chi connectivity index (χ0v) is 33.2. The summed E-state index contributed by atoms with van der Waals surface area (Å²) in [6.45, 7) is 4.75. The van der Waals surface area contributed by atoms with E-state index in [0.717, 1.165) is 38.9 Å². The second kappa shape index (κ2) is 14.8. The quantitative estimate of drug-likeness (QED) is 0.150. The van der Waals surface area contributed by atoms with E-state index >= 15 is 0 Å². The number of benzene rings is 9. The Bertz CT molecular complexity index is 3110. The van der Waals surface area contributed by atoms with Crippen LogP contribution >= 0.6 is 0 Å². The Hall–Kier alpha value is -7.42. The molecule has 0 saturated carbocycles. The topological polar surface area (TPSA) is 36.2 Å². The van der Waals surface area contributed by atoms with Gasteiger partial charge in [-0.1, -0.05) is 196 Å². The fourth-order valence-electron chi connectivity index (χ4n) is 8.98. The molecule has 0 fully saturated rings. The summed E-state index contributed by atoms with van der Waals surface area (Å²) >= 11 is 0. The number of hydrogen-bond acceptors (Lipinski definition) is 2. The van der Waals surface area contributed by atoms with Gasteiger partial charge in [0.15, 0.2) is 0 Å². The molecule has 2 nitrogen and oxygen atoms in total. The summed E-state index contributed by atoms with van der Waals surface area (Å²) in [5, 5.41) is 13.8. The highest BCUT2D eigenvalue weighted by atomic mass is 14.7. The summed E-state index contributed by atoms with van der Waals surface area (Å²) in [6.07, 6.45) is 3.82. The van der Waals surface area contributed by atoms with Gasteiger partial charge in [-0.15, -0.1) is 0 Å². The Balaban J connectivity index is 1.02. The first-order valence-corrected chi connectivity index (χ1v) is 20.3. The molecule has 2 heteroatoms. The summed E-state index contributed by atoms with van der Waals surface area (Å²) < 4.78 is 0. The van der Waals surface area contributed by atoms with Crippen LogP contribution in [0.1, 0.15) is 41.7 Å². The Kier molecular flexibility index (Phi) is 9.03. The lowest BCUT2D eigenvalue weighted by Crippen LogP contribution is -2.16. The van der Waals surface area contributed by atoms with Crippen molar-refractivity contribution >= 4 is 39.2 Å². The third kappa shape index (κ3) is 6.59. The van der Waals surface area contributed by atoms with Crippen LogP contribution in [0.15, 0.2) is 211 Å². The Morgan fingerprint density at radius 2 is 1.05 bits per heavy atom. The van der Waals surface area contributed by atoms with Gasteiger partial charge in [-0.2, -0.15) is 0 Å². The van der Waals surface area contributed by atoms with Gasteiger partial charge in [0.25, 0.3) is 0 Å². The van der Waals surface area contributed by atoms with E-state index in [1.165, 1.54) is 60.7 Å². The third-order valence-corrected chi connectivity index (χ3v) is 12.0. The minimum absolute atomic E-state index is 0.147. The molecular formula is C57H42N2. The molecule has 280 valence electrons. The van der Waals surface area contributed by atoms with Crippen molar-refractivity contribution < 1.29 is 0 Å². The predicted octanol–water partition coefficient (Wildman–Crippen LogP) is 14.8. The van der Waals surface area contributed by atoms with Crippen LogP contribution in [0.2, 0.25) is 0 Å². The van der Waals surface area contributed by atoms with Crippen molar-refractivity contribution in [1.82, 2.24) is 0 Å². The first-order valence-electron chi connectivity index (χ1n) is 20.3. The van der Waals surface area contributed by atoms with Crippen molar-refractivity contribution in [3.8, 4) is 44.5 Å². The second-order valence-corrected chi connectivity index (χ2v) is 15.9. The smallest absolute Gasteiger partial charge is 0.0723 e. The first kappa shape index (κ1) is 36.0. The van der Waals surface area contributed by atoms with Crippen molar-refractivity contribution in [2.75, 3.05) is 0 Å². The molecule has 0 amide bonds. The lowest BCUT2D eigenvalue weighted by atomic mass is 9.78. The van der Waals surface area contributed by atoms with Gasteiger partial charge in [0.1, 0.15) is 0 Å². The maximum atomic E-state index is 8.98. The van der Waals surface area contributed by atoms with Crippen LogP contribution in [0.3, 0.4) is 0 Å². The van der Waals surface area contributed by atoms with E-state index < -0.39 is 0 Å². The minimum atomic E-state index is -0.147. The van der Waals surface area contributed by atoms with E-state index in [2.05, 4.69) is 178 Å². The number of fused-ring (bicyclic) bond motifs is 5. The Labute approximate surface area is 346 Å². The summed E-state index contributed by atoms with van der Waals surface area (Å²) in [7, 11) is 0. The predicted molar refractivity (Wildman–Crippen MR) is 251 cm³/mol. The van der Waals surface area contributed by atoms with Crippen molar-refractivity contribution in [3.63, 3.8) is 0 Å². The third-order valence-electron chi connectivity index (χ3n) is 12.0. The zero-order valence-electron chi connectivity index (χ0n) is 33.2. The standard InChI is InChI=1S/C57H42N2/c1-57(2)53-35-43-20-10-9-19-42(43)34-52(53)51-26-14-25-49(56(51)57)45-22-13-21-44(33-45)48-32-31-46(47-23-11-12-24-50(47)48)37-59-55(36-54(58)40-17-7-4-8-18-40)41-29-27-39(28-30-41)38-15-5-3-6-16-38/h3-37,58H,1-2H3/b55-36-,58-54?,59-37?. The van der Waals surface area contributed by atoms with E-state index in [4.69, 9.17) is 10.4 Å². The average Bonchev–Trinajstić information content (AvgIpc) is 3.52. The van der Waals surface area contributed by atoms with E-state index in [9.17, 15) is 0 Å². The molecule has 0 spiro atoms. The van der Waals surface area contributed by atoms with E-state index in [1.807, 2.05) is 48.7 Å². The van der Waals surface area contributed by atoms with Gasteiger partial charge in [-0.25, -0.2) is 0 Å². The van der Waals surface area contributed by atoms with Crippen LogP contribution in [0.25, 0.3) is 71.7 Å². The molecule has 0 saturated heterocycles. The monoisotopic (exact) mass is 754 g/mol.